The van der Waals surface area contributed by atoms with Gasteiger partial charge in [0.05, 0.1) is 0 Å². The third kappa shape index (κ3) is 5.41. The Morgan fingerprint density at radius 2 is 1.91 bits per heavy atom. The second-order valence-electron chi connectivity index (χ2n) is 3.71. The van der Waals surface area contributed by atoms with Crippen molar-refractivity contribution in [2.75, 3.05) is 6.54 Å². The molecule has 0 radical (unpaired) electrons. The van der Waals surface area contributed by atoms with Crippen LogP contribution in [0, 0.1) is 5.92 Å². The van der Waals surface area contributed by atoms with E-state index >= 15 is 0 Å². The van der Waals surface area contributed by atoms with Crippen LogP contribution < -0.4 is 10.4 Å². The maximum atomic E-state index is 6.00. The molecule has 2 nitrogen and oxygen atoms in total. The van der Waals surface area contributed by atoms with Crippen LogP contribution in [0.1, 0.15) is 34.1 Å². The molecule has 0 aromatic carbocycles. The van der Waals surface area contributed by atoms with Gasteiger partial charge in [0.15, 0.2) is 9.12 Å². The van der Waals surface area contributed by atoms with Crippen molar-refractivity contribution >= 4 is 9.12 Å². The molecule has 11 heavy (non-hydrogen) atoms. The molecule has 0 bridgehead atoms. The lowest BCUT2D eigenvalue weighted by molar-refractivity contribution is 0.621. The van der Waals surface area contributed by atoms with Gasteiger partial charge in [0.1, 0.15) is 0 Å². The Morgan fingerprint density at radius 1 is 1.36 bits per heavy atom. The van der Waals surface area contributed by atoms with Crippen molar-refractivity contribution in [1.82, 2.24) is 4.98 Å². The molecule has 0 rings (SSSR count). The standard InChI is InChI=1S/C8H22N2Si/c1-5-8(4)11(9)10-6-7(2)3/h7-8,10-11H,5-6,9H2,1-4H3. The molecular formula is C8H22N2Si. The molecule has 0 spiro atoms. The van der Waals surface area contributed by atoms with Gasteiger partial charge < -0.3 is 10.4 Å². The summed E-state index contributed by atoms with van der Waals surface area (Å²) in [5.74, 6) is 0.720. The molecule has 0 fully saturated rings. The minimum atomic E-state index is -1.10. The molecule has 68 valence electrons. The van der Waals surface area contributed by atoms with Crippen LogP contribution in [0.4, 0.5) is 0 Å². The number of hydrogen-bond acceptors (Lipinski definition) is 2. The summed E-state index contributed by atoms with van der Waals surface area (Å²) >= 11 is 0. The third-order valence-corrected chi connectivity index (χ3v) is 4.42. The Hall–Kier alpha value is 0.137. The topological polar surface area (TPSA) is 38.0 Å². The molecule has 0 saturated heterocycles. The molecular weight excluding hydrogens is 152 g/mol. The van der Waals surface area contributed by atoms with E-state index in [1.165, 1.54) is 6.42 Å². The highest BCUT2D eigenvalue weighted by molar-refractivity contribution is 6.53. The molecule has 3 N–H and O–H groups in total. The minimum Gasteiger partial charge on any atom is -0.341 e. The van der Waals surface area contributed by atoms with E-state index in [0.29, 0.717) is 5.54 Å². The van der Waals surface area contributed by atoms with Gasteiger partial charge in [0.25, 0.3) is 0 Å². The van der Waals surface area contributed by atoms with Crippen LogP contribution in [0.15, 0.2) is 0 Å². The van der Waals surface area contributed by atoms with Gasteiger partial charge in [-0.25, -0.2) is 0 Å². The van der Waals surface area contributed by atoms with Crippen LogP contribution in [0.5, 0.6) is 0 Å². The first-order chi connectivity index (χ1) is 5.07. The normalized spacial score (nSPS) is 16.9. The summed E-state index contributed by atoms with van der Waals surface area (Å²) in [5.41, 5.74) is 0.716. The zero-order chi connectivity index (χ0) is 8.85. The molecule has 0 saturated carbocycles. The molecule has 3 heteroatoms. The Bertz CT molecular complexity index is 96.1. The quantitative estimate of drug-likeness (QED) is 0.615. The fourth-order valence-corrected chi connectivity index (χ4v) is 2.48. The number of nitrogens with two attached hydrogens (primary N) is 1. The lowest BCUT2D eigenvalue weighted by Crippen LogP contribution is -2.47. The Labute approximate surface area is 72.3 Å². The average Bonchev–Trinajstić information content (AvgIpc) is 1.98. The molecule has 0 heterocycles. The second-order valence-corrected chi connectivity index (χ2v) is 6.31. The fourth-order valence-electron chi connectivity index (χ4n) is 0.827. The predicted octanol–water partition coefficient (Wildman–Crippen LogP) is 1.21. The van der Waals surface area contributed by atoms with Gasteiger partial charge in [-0.1, -0.05) is 34.1 Å². The summed E-state index contributed by atoms with van der Waals surface area (Å²) < 4.78 is 0. The highest BCUT2D eigenvalue weighted by Gasteiger charge is 2.12. The first kappa shape index (κ1) is 11.1. The summed E-state index contributed by atoms with van der Waals surface area (Å²) in [5, 5.41) is 6.00. The molecule has 0 aliphatic rings. The smallest absolute Gasteiger partial charge is 0.184 e. The van der Waals surface area contributed by atoms with Crippen molar-refractivity contribution in [1.29, 1.82) is 0 Å². The summed E-state index contributed by atoms with van der Waals surface area (Å²) in [4.78, 5) is 3.45. The first-order valence-corrected chi connectivity index (χ1v) is 6.48. The molecule has 2 unspecified atom stereocenters. The largest absolute Gasteiger partial charge is 0.341 e. The molecule has 0 aliphatic heterocycles. The van der Waals surface area contributed by atoms with Crippen molar-refractivity contribution < 1.29 is 0 Å². The highest BCUT2D eigenvalue weighted by atomic mass is 28.3. The van der Waals surface area contributed by atoms with Crippen LogP contribution in [0.3, 0.4) is 0 Å². The van der Waals surface area contributed by atoms with E-state index in [0.717, 1.165) is 12.5 Å². The van der Waals surface area contributed by atoms with Gasteiger partial charge >= 0.3 is 0 Å². The molecule has 0 aromatic rings. The van der Waals surface area contributed by atoms with Crippen molar-refractivity contribution in [3.63, 3.8) is 0 Å². The zero-order valence-electron chi connectivity index (χ0n) is 8.22. The van der Waals surface area contributed by atoms with E-state index in [2.05, 4.69) is 32.7 Å². The lowest BCUT2D eigenvalue weighted by Gasteiger charge is -2.18. The zero-order valence-corrected chi connectivity index (χ0v) is 9.38. The number of rotatable bonds is 5. The Morgan fingerprint density at radius 3 is 2.27 bits per heavy atom. The maximum Gasteiger partial charge on any atom is 0.184 e. The van der Waals surface area contributed by atoms with E-state index < -0.39 is 9.12 Å². The summed E-state index contributed by atoms with van der Waals surface area (Å²) in [6.07, 6.45) is 1.21. The summed E-state index contributed by atoms with van der Waals surface area (Å²) in [6.45, 7) is 9.95. The van der Waals surface area contributed by atoms with Gasteiger partial charge in [-0.3, -0.25) is 0 Å². The van der Waals surface area contributed by atoms with Gasteiger partial charge in [0.2, 0.25) is 0 Å². The Balaban J connectivity index is 3.43. The fraction of sp³-hybridized carbons (Fsp3) is 1.00. The van der Waals surface area contributed by atoms with E-state index in [1.54, 1.807) is 0 Å². The lowest BCUT2D eigenvalue weighted by atomic mass is 10.2. The van der Waals surface area contributed by atoms with Gasteiger partial charge in [-0.15, -0.1) is 0 Å². The van der Waals surface area contributed by atoms with Crippen LogP contribution in [-0.4, -0.2) is 15.7 Å². The van der Waals surface area contributed by atoms with Gasteiger partial charge in [0, 0.05) is 0 Å². The third-order valence-electron chi connectivity index (χ3n) is 2.02. The van der Waals surface area contributed by atoms with Crippen LogP contribution in [0.2, 0.25) is 5.54 Å². The van der Waals surface area contributed by atoms with Crippen molar-refractivity contribution in [3.8, 4) is 0 Å². The van der Waals surface area contributed by atoms with E-state index in [1.807, 2.05) is 0 Å². The predicted molar refractivity (Wildman–Crippen MR) is 53.9 cm³/mol. The van der Waals surface area contributed by atoms with E-state index in [-0.39, 0.29) is 0 Å². The van der Waals surface area contributed by atoms with Crippen LogP contribution in [0.25, 0.3) is 0 Å². The molecule has 0 aliphatic carbocycles. The number of nitrogens with one attached hydrogen (secondary N) is 1. The van der Waals surface area contributed by atoms with E-state index in [9.17, 15) is 0 Å². The summed E-state index contributed by atoms with van der Waals surface area (Å²) in [7, 11) is -1.10. The van der Waals surface area contributed by atoms with Crippen molar-refractivity contribution in [2.45, 2.75) is 39.7 Å². The van der Waals surface area contributed by atoms with Crippen LogP contribution in [-0.2, 0) is 0 Å². The van der Waals surface area contributed by atoms with Crippen molar-refractivity contribution in [3.05, 3.63) is 0 Å². The first-order valence-electron chi connectivity index (χ1n) is 4.56. The van der Waals surface area contributed by atoms with Crippen LogP contribution >= 0.6 is 0 Å². The number of hydrogen-bond donors (Lipinski definition) is 2. The maximum absolute atomic E-state index is 6.00. The summed E-state index contributed by atoms with van der Waals surface area (Å²) in [6, 6.07) is 0. The van der Waals surface area contributed by atoms with Gasteiger partial charge in [-0.05, 0) is 18.0 Å². The van der Waals surface area contributed by atoms with Gasteiger partial charge in [-0.2, -0.15) is 0 Å². The monoisotopic (exact) mass is 174 g/mol. The van der Waals surface area contributed by atoms with E-state index in [4.69, 9.17) is 5.40 Å². The molecule has 0 aromatic heterocycles. The van der Waals surface area contributed by atoms with Crippen molar-refractivity contribution in [2.24, 2.45) is 11.3 Å². The second kappa shape index (κ2) is 5.74. The molecule has 0 amide bonds. The minimum absolute atomic E-state index is 0.716. The Kier molecular flexibility index (Phi) is 5.82. The SMILES string of the molecule is CCC(C)[SiH](N)NCC(C)C. The average molecular weight is 174 g/mol. The molecule has 2 atom stereocenters. The highest BCUT2D eigenvalue weighted by Crippen LogP contribution is 2.07.